The maximum Gasteiger partial charge on any atom is 0.183 e. The summed E-state index contributed by atoms with van der Waals surface area (Å²) >= 11 is 5.88. The van der Waals surface area contributed by atoms with Crippen molar-refractivity contribution < 1.29 is 4.79 Å². The van der Waals surface area contributed by atoms with Gasteiger partial charge in [0.15, 0.2) is 5.78 Å². The van der Waals surface area contributed by atoms with Gasteiger partial charge in [0.1, 0.15) is 0 Å². The van der Waals surface area contributed by atoms with E-state index in [1.54, 1.807) is 12.1 Å². The molecule has 2 nitrogen and oxygen atoms in total. The van der Waals surface area contributed by atoms with Gasteiger partial charge in [-0.15, -0.1) is 0 Å². The molecule has 0 N–H and O–H groups in total. The molecule has 0 spiro atoms. The Balaban J connectivity index is 2.31. The molecule has 98 valence electrons. The molecule has 0 aliphatic heterocycles. The monoisotopic (exact) mass is 265 g/mol. The Hall–Kier alpha value is -0.860. The van der Waals surface area contributed by atoms with Gasteiger partial charge in [-0.25, -0.2) is 0 Å². The number of Topliss-reactive ketones (excluding diaryl/α,β-unsaturated/α-hetero) is 1. The van der Waals surface area contributed by atoms with Crippen LogP contribution in [-0.4, -0.2) is 30.3 Å². The van der Waals surface area contributed by atoms with Gasteiger partial charge in [0.05, 0.1) is 5.54 Å². The zero-order valence-corrected chi connectivity index (χ0v) is 11.8. The van der Waals surface area contributed by atoms with Crippen LogP contribution in [-0.2, 0) is 0 Å². The Morgan fingerprint density at radius 2 is 1.67 bits per heavy atom. The molecule has 1 fully saturated rings. The molecule has 0 aromatic heterocycles. The summed E-state index contributed by atoms with van der Waals surface area (Å²) in [7, 11) is 4.03. The number of carbonyl (C=O) groups excluding carboxylic acids is 1. The number of carbonyl (C=O) groups is 1. The normalized spacial score (nSPS) is 18.9. The molecule has 0 heterocycles. The molecule has 0 amide bonds. The first-order valence-corrected chi connectivity index (χ1v) is 6.92. The van der Waals surface area contributed by atoms with Gasteiger partial charge in [-0.3, -0.25) is 9.69 Å². The van der Waals surface area contributed by atoms with Crippen molar-refractivity contribution in [3.8, 4) is 0 Å². The van der Waals surface area contributed by atoms with E-state index in [0.717, 1.165) is 31.2 Å². The Bertz CT molecular complexity index is 419. The first-order valence-electron chi connectivity index (χ1n) is 6.54. The maximum absolute atomic E-state index is 12.8. The summed E-state index contributed by atoms with van der Waals surface area (Å²) < 4.78 is 0. The van der Waals surface area contributed by atoms with Gasteiger partial charge >= 0.3 is 0 Å². The second kappa shape index (κ2) is 5.41. The van der Waals surface area contributed by atoms with Crippen LogP contribution in [0.25, 0.3) is 0 Å². The van der Waals surface area contributed by atoms with Gasteiger partial charge < -0.3 is 0 Å². The highest BCUT2D eigenvalue weighted by molar-refractivity contribution is 6.30. The molecule has 0 saturated heterocycles. The Labute approximate surface area is 114 Å². The molecule has 18 heavy (non-hydrogen) atoms. The van der Waals surface area contributed by atoms with Crippen molar-refractivity contribution in [3.05, 3.63) is 34.9 Å². The number of ketones is 1. The van der Waals surface area contributed by atoms with Crippen LogP contribution in [0.1, 0.15) is 42.5 Å². The summed E-state index contributed by atoms with van der Waals surface area (Å²) in [4.78, 5) is 14.9. The van der Waals surface area contributed by atoms with E-state index in [1.165, 1.54) is 6.42 Å². The second-order valence-corrected chi connectivity index (χ2v) is 5.76. The van der Waals surface area contributed by atoms with E-state index in [-0.39, 0.29) is 11.3 Å². The Kier molecular flexibility index (Phi) is 4.08. The minimum atomic E-state index is -0.313. The van der Waals surface area contributed by atoms with Crippen molar-refractivity contribution in [2.24, 2.45) is 0 Å². The lowest BCUT2D eigenvalue weighted by Crippen LogP contribution is -2.52. The smallest absolute Gasteiger partial charge is 0.183 e. The van der Waals surface area contributed by atoms with E-state index in [0.29, 0.717) is 5.02 Å². The summed E-state index contributed by atoms with van der Waals surface area (Å²) in [5.74, 6) is 0.240. The highest BCUT2D eigenvalue weighted by Crippen LogP contribution is 2.35. The minimum absolute atomic E-state index is 0.240. The van der Waals surface area contributed by atoms with Gasteiger partial charge in [-0.1, -0.05) is 30.9 Å². The molecule has 0 bridgehead atoms. The number of hydrogen-bond donors (Lipinski definition) is 0. The van der Waals surface area contributed by atoms with Crippen LogP contribution in [0.3, 0.4) is 0 Å². The SMILES string of the molecule is CN(C)C1(C(=O)c2ccc(Cl)cc2)CCCCC1. The molecule has 0 radical (unpaired) electrons. The van der Waals surface area contributed by atoms with Gasteiger partial charge in [0, 0.05) is 10.6 Å². The van der Waals surface area contributed by atoms with Gasteiger partial charge in [0.2, 0.25) is 0 Å². The minimum Gasteiger partial charge on any atom is -0.297 e. The van der Waals surface area contributed by atoms with Crippen LogP contribution in [0.15, 0.2) is 24.3 Å². The zero-order valence-electron chi connectivity index (χ0n) is 11.1. The van der Waals surface area contributed by atoms with Crippen LogP contribution >= 0.6 is 11.6 Å². The highest BCUT2D eigenvalue weighted by atomic mass is 35.5. The van der Waals surface area contributed by atoms with E-state index in [1.807, 2.05) is 26.2 Å². The summed E-state index contributed by atoms with van der Waals surface area (Å²) in [5, 5.41) is 0.675. The molecular weight excluding hydrogens is 246 g/mol. The lowest BCUT2D eigenvalue weighted by atomic mass is 9.75. The number of likely N-dealkylation sites (N-methyl/N-ethyl adjacent to an activating group) is 1. The van der Waals surface area contributed by atoms with Crippen molar-refractivity contribution >= 4 is 17.4 Å². The molecule has 2 rings (SSSR count). The first kappa shape index (κ1) is 13.6. The van der Waals surface area contributed by atoms with E-state index in [4.69, 9.17) is 11.6 Å². The van der Waals surface area contributed by atoms with Crippen molar-refractivity contribution in [1.82, 2.24) is 4.90 Å². The Morgan fingerprint density at radius 3 is 2.17 bits per heavy atom. The van der Waals surface area contributed by atoms with Crippen molar-refractivity contribution in [3.63, 3.8) is 0 Å². The average molecular weight is 266 g/mol. The summed E-state index contributed by atoms with van der Waals surface area (Å²) in [5.41, 5.74) is 0.460. The second-order valence-electron chi connectivity index (χ2n) is 5.32. The molecule has 1 saturated carbocycles. The van der Waals surface area contributed by atoms with Crippen LogP contribution in [0.4, 0.5) is 0 Å². The molecule has 1 aliphatic carbocycles. The fraction of sp³-hybridized carbons (Fsp3) is 0.533. The number of nitrogens with zero attached hydrogens (tertiary/aromatic N) is 1. The largest absolute Gasteiger partial charge is 0.297 e. The third-order valence-corrected chi connectivity index (χ3v) is 4.32. The van der Waals surface area contributed by atoms with Crippen LogP contribution in [0.5, 0.6) is 0 Å². The topological polar surface area (TPSA) is 20.3 Å². The molecular formula is C15H20ClNO. The quantitative estimate of drug-likeness (QED) is 0.775. The summed E-state index contributed by atoms with van der Waals surface area (Å²) in [6, 6.07) is 7.26. The third-order valence-electron chi connectivity index (χ3n) is 4.07. The molecule has 0 atom stereocenters. The van der Waals surface area contributed by atoms with E-state index >= 15 is 0 Å². The van der Waals surface area contributed by atoms with Crippen molar-refractivity contribution in [2.75, 3.05) is 14.1 Å². The van der Waals surface area contributed by atoms with E-state index in [2.05, 4.69) is 4.90 Å². The van der Waals surface area contributed by atoms with Crippen LogP contribution in [0.2, 0.25) is 5.02 Å². The van der Waals surface area contributed by atoms with Crippen molar-refractivity contribution in [2.45, 2.75) is 37.6 Å². The molecule has 3 heteroatoms. The molecule has 1 aliphatic rings. The predicted molar refractivity (Wildman–Crippen MR) is 75.3 cm³/mol. The van der Waals surface area contributed by atoms with Crippen LogP contribution in [0, 0.1) is 0 Å². The Morgan fingerprint density at radius 1 is 1.11 bits per heavy atom. The van der Waals surface area contributed by atoms with Crippen LogP contribution < -0.4 is 0 Å². The predicted octanol–water partition coefficient (Wildman–Crippen LogP) is 3.79. The van der Waals surface area contributed by atoms with E-state index in [9.17, 15) is 4.79 Å². The summed E-state index contributed by atoms with van der Waals surface area (Å²) in [6.45, 7) is 0. The average Bonchev–Trinajstić information content (AvgIpc) is 2.39. The first-order chi connectivity index (χ1) is 8.56. The van der Waals surface area contributed by atoms with Crippen molar-refractivity contribution in [1.29, 1.82) is 0 Å². The number of benzene rings is 1. The lowest BCUT2D eigenvalue weighted by Gasteiger charge is -2.41. The van der Waals surface area contributed by atoms with Gasteiger partial charge in [-0.05, 0) is 51.2 Å². The molecule has 1 aromatic rings. The maximum atomic E-state index is 12.8. The zero-order chi connectivity index (χ0) is 13.2. The standard InChI is InChI=1S/C15H20ClNO/c1-17(2)15(10-4-3-5-11-15)14(18)12-6-8-13(16)9-7-12/h6-9H,3-5,10-11H2,1-2H3. The van der Waals surface area contributed by atoms with E-state index < -0.39 is 0 Å². The van der Waals surface area contributed by atoms with Gasteiger partial charge in [-0.2, -0.15) is 0 Å². The highest BCUT2D eigenvalue weighted by Gasteiger charge is 2.41. The fourth-order valence-corrected chi connectivity index (χ4v) is 3.01. The molecule has 0 unspecified atom stereocenters. The number of rotatable bonds is 3. The van der Waals surface area contributed by atoms with Gasteiger partial charge in [0.25, 0.3) is 0 Å². The number of hydrogen-bond acceptors (Lipinski definition) is 2. The molecule has 1 aromatic carbocycles. The lowest BCUT2D eigenvalue weighted by molar-refractivity contribution is 0.0564. The number of halogens is 1. The third kappa shape index (κ3) is 2.45. The fourth-order valence-electron chi connectivity index (χ4n) is 2.88. The summed E-state index contributed by atoms with van der Waals surface area (Å²) in [6.07, 6.45) is 5.43.